The van der Waals surface area contributed by atoms with Crippen LogP contribution in [0.4, 0.5) is 17.1 Å². The summed E-state index contributed by atoms with van der Waals surface area (Å²) < 4.78 is 6.59. The lowest BCUT2D eigenvalue weighted by Crippen LogP contribution is -2.10. The van der Waals surface area contributed by atoms with Gasteiger partial charge in [-0.15, -0.1) is 0 Å². The van der Waals surface area contributed by atoms with Crippen molar-refractivity contribution in [3.8, 4) is 44.8 Å². The van der Waals surface area contributed by atoms with Crippen molar-refractivity contribution >= 4 is 39.0 Å². The SMILES string of the molecule is c1ccc(-c2ccc(N(c3ccc(-c4ccccc4)cc3)c3cc(-c4cccc(-c5ccccc5)n4)cc4oc5ccccc5c34)cc2)cc1. The third-order valence-electron chi connectivity index (χ3n) is 9.28. The van der Waals surface area contributed by atoms with Crippen LogP contribution in [0.5, 0.6) is 0 Å². The topological polar surface area (TPSA) is 29.3 Å². The molecule has 0 aliphatic rings. The van der Waals surface area contributed by atoms with Gasteiger partial charge >= 0.3 is 0 Å². The molecule has 2 aromatic heterocycles. The van der Waals surface area contributed by atoms with Crippen molar-refractivity contribution in [2.45, 2.75) is 0 Å². The Morgan fingerprint density at radius 2 is 0.840 bits per heavy atom. The molecule has 0 radical (unpaired) electrons. The van der Waals surface area contributed by atoms with Crippen LogP contribution in [-0.2, 0) is 0 Å². The Labute approximate surface area is 291 Å². The molecule has 0 atom stereocenters. The fourth-order valence-electron chi connectivity index (χ4n) is 6.82. The number of para-hydroxylation sites is 1. The number of hydrogen-bond acceptors (Lipinski definition) is 3. The van der Waals surface area contributed by atoms with E-state index < -0.39 is 0 Å². The fraction of sp³-hybridized carbons (Fsp3) is 0. The molecule has 3 nitrogen and oxygen atoms in total. The second-order valence-electron chi connectivity index (χ2n) is 12.4. The summed E-state index contributed by atoms with van der Waals surface area (Å²) in [5, 5.41) is 2.13. The summed E-state index contributed by atoms with van der Waals surface area (Å²) in [5.41, 5.74) is 13.4. The molecule has 0 N–H and O–H groups in total. The van der Waals surface area contributed by atoms with Gasteiger partial charge in [-0.25, -0.2) is 4.98 Å². The predicted molar refractivity (Wildman–Crippen MR) is 208 cm³/mol. The first-order valence-corrected chi connectivity index (χ1v) is 16.9. The number of aromatic nitrogens is 1. The highest BCUT2D eigenvalue weighted by molar-refractivity contribution is 6.14. The molecule has 236 valence electrons. The number of hydrogen-bond donors (Lipinski definition) is 0. The first kappa shape index (κ1) is 29.4. The normalized spacial score (nSPS) is 11.2. The first-order valence-electron chi connectivity index (χ1n) is 16.9. The standard InChI is InChI=1S/C47H32N2O/c1-4-13-33(14-5-1)35-23-27-39(28-24-35)49(40-29-25-36(26-30-40)34-15-6-2-7-16-34)44-31-38(32-46-47(44)41-19-10-11-22-45(41)50-46)43-21-12-20-42(48-43)37-17-8-3-9-18-37/h1-32H. The third-order valence-corrected chi connectivity index (χ3v) is 9.28. The zero-order valence-corrected chi connectivity index (χ0v) is 27.3. The van der Waals surface area contributed by atoms with Gasteiger partial charge in [0.15, 0.2) is 0 Å². The lowest BCUT2D eigenvalue weighted by Gasteiger charge is -2.27. The van der Waals surface area contributed by atoms with E-state index in [4.69, 9.17) is 9.40 Å². The van der Waals surface area contributed by atoms with Crippen molar-refractivity contribution in [2.75, 3.05) is 4.90 Å². The Bertz CT molecular complexity index is 2470. The van der Waals surface area contributed by atoms with Gasteiger partial charge in [-0.3, -0.25) is 0 Å². The second-order valence-corrected chi connectivity index (χ2v) is 12.4. The first-order chi connectivity index (χ1) is 24.8. The number of furan rings is 1. The van der Waals surface area contributed by atoms with Gasteiger partial charge in [0.25, 0.3) is 0 Å². The van der Waals surface area contributed by atoms with Crippen molar-refractivity contribution in [3.63, 3.8) is 0 Å². The minimum atomic E-state index is 0.817. The lowest BCUT2D eigenvalue weighted by molar-refractivity contribution is 0.669. The van der Waals surface area contributed by atoms with E-state index in [0.717, 1.165) is 61.5 Å². The Balaban J connectivity index is 1.26. The van der Waals surface area contributed by atoms with Gasteiger partial charge in [0.05, 0.1) is 22.5 Å². The molecular weight excluding hydrogens is 609 g/mol. The molecule has 3 heteroatoms. The Kier molecular flexibility index (Phi) is 7.49. The Morgan fingerprint density at radius 3 is 1.42 bits per heavy atom. The van der Waals surface area contributed by atoms with E-state index in [1.165, 1.54) is 22.3 Å². The summed E-state index contributed by atoms with van der Waals surface area (Å²) in [6.45, 7) is 0. The van der Waals surface area contributed by atoms with E-state index in [-0.39, 0.29) is 0 Å². The molecule has 0 unspecified atom stereocenters. The van der Waals surface area contributed by atoms with Crippen molar-refractivity contribution in [1.29, 1.82) is 0 Å². The van der Waals surface area contributed by atoms with Crippen molar-refractivity contribution in [1.82, 2.24) is 4.98 Å². The minimum Gasteiger partial charge on any atom is -0.456 e. The maximum atomic E-state index is 6.59. The quantitative estimate of drug-likeness (QED) is 0.174. The summed E-state index contributed by atoms with van der Waals surface area (Å²) in [5.74, 6) is 0. The summed E-state index contributed by atoms with van der Waals surface area (Å²) in [6, 6.07) is 67.9. The Morgan fingerprint density at radius 1 is 0.360 bits per heavy atom. The van der Waals surface area contributed by atoms with E-state index in [1.54, 1.807) is 0 Å². The predicted octanol–water partition coefficient (Wildman–Crippen LogP) is 13.1. The highest BCUT2D eigenvalue weighted by Crippen LogP contribution is 2.45. The van der Waals surface area contributed by atoms with E-state index >= 15 is 0 Å². The highest BCUT2D eigenvalue weighted by atomic mass is 16.3. The van der Waals surface area contributed by atoms with Crippen LogP contribution in [0.3, 0.4) is 0 Å². The molecule has 50 heavy (non-hydrogen) atoms. The number of rotatable bonds is 7. The average Bonchev–Trinajstić information content (AvgIpc) is 3.58. The van der Waals surface area contributed by atoms with E-state index in [2.05, 4.69) is 169 Å². The van der Waals surface area contributed by atoms with Crippen LogP contribution in [0.1, 0.15) is 0 Å². The molecule has 0 saturated carbocycles. The molecule has 2 heterocycles. The van der Waals surface area contributed by atoms with Crippen LogP contribution in [-0.4, -0.2) is 4.98 Å². The molecular formula is C47H32N2O. The van der Waals surface area contributed by atoms with Gasteiger partial charge < -0.3 is 9.32 Å². The minimum absolute atomic E-state index is 0.817. The zero-order valence-electron chi connectivity index (χ0n) is 27.3. The number of nitrogens with zero attached hydrogens (tertiary/aromatic N) is 2. The van der Waals surface area contributed by atoms with E-state index in [1.807, 2.05) is 30.3 Å². The smallest absolute Gasteiger partial charge is 0.138 e. The zero-order chi connectivity index (χ0) is 33.3. The molecule has 0 bridgehead atoms. The molecule has 0 amide bonds. The molecule has 9 rings (SSSR count). The summed E-state index contributed by atoms with van der Waals surface area (Å²) in [6.07, 6.45) is 0. The Hall–Kier alpha value is -6.71. The monoisotopic (exact) mass is 640 g/mol. The van der Waals surface area contributed by atoms with Gasteiger partial charge in [-0.05, 0) is 76.9 Å². The van der Waals surface area contributed by atoms with Crippen molar-refractivity contribution < 1.29 is 4.42 Å². The van der Waals surface area contributed by atoms with Crippen LogP contribution in [0.25, 0.3) is 66.7 Å². The molecule has 0 fully saturated rings. The maximum Gasteiger partial charge on any atom is 0.138 e. The van der Waals surface area contributed by atoms with Crippen LogP contribution in [0, 0.1) is 0 Å². The van der Waals surface area contributed by atoms with Gasteiger partial charge in [0, 0.05) is 27.9 Å². The van der Waals surface area contributed by atoms with Gasteiger partial charge in [-0.1, -0.05) is 140 Å². The average molecular weight is 641 g/mol. The largest absolute Gasteiger partial charge is 0.456 e. The lowest BCUT2D eigenvalue weighted by atomic mass is 10.0. The van der Waals surface area contributed by atoms with E-state index in [0.29, 0.717) is 0 Å². The van der Waals surface area contributed by atoms with Gasteiger partial charge in [-0.2, -0.15) is 0 Å². The third kappa shape index (κ3) is 5.51. The summed E-state index contributed by atoms with van der Waals surface area (Å²) >= 11 is 0. The summed E-state index contributed by atoms with van der Waals surface area (Å²) in [4.78, 5) is 7.50. The van der Waals surface area contributed by atoms with Crippen LogP contribution in [0.15, 0.2) is 199 Å². The van der Waals surface area contributed by atoms with Crippen LogP contribution >= 0.6 is 0 Å². The molecule has 0 saturated heterocycles. The molecule has 0 aliphatic heterocycles. The molecule has 9 aromatic rings. The molecule has 7 aromatic carbocycles. The fourth-order valence-corrected chi connectivity index (χ4v) is 6.82. The number of benzene rings is 7. The van der Waals surface area contributed by atoms with Gasteiger partial charge in [0.2, 0.25) is 0 Å². The van der Waals surface area contributed by atoms with Gasteiger partial charge in [0.1, 0.15) is 11.2 Å². The molecule has 0 spiro atoms. The second kappa shape index (κ2) is 12.7. The van der Waals surface area contributed by atoms with E-state index in [9.17, 15) is 0 Å². The molecule has 0 aliphatic carbocycles. The number of pyridine rings is 1. The number of anilines is 3. The maximum absolute atomic E-state index is 6.59. The van der Waals surface area contributed by atoms with Crippen molar-refractivity contribution in [2.24, 2.45) is 0 Å². The summed E-state index contributed by atoms with van der Waals surface area (Å²) in [7, 11) is 0. The van der Waals surface area contributed by atoms with Crippen molar-refractivity contribution in [3.05, 3.63) is 194 Å². The van der Waals surface area contributed by atoms with Crippen LogP contribution < -0.4 is 4.90 Å². The number of fused-ring (bicyclic) bond motifs is 3. The highest BCUT2D eigenvalue weighted by Gasteiger charge is 2.22. The van der Waals surface area contributed by atoms with Crippen LogP contribution in [0.2, 0.25) is 0 Å².